The Hall–Kier alpha value is -1.59. The Kier molecular flexibility index (Phi) is 3.54. The van der Waals surface area contributed by atoms with Crippen molar-refractivity contribution < 1.29 is 9.90 Å². The van der Waals surface area contributed by atoms with Crippen molar-refractivity contribution in [2.45, 2.75) is 5.60 Å². The number of hydrogen-bond acceptors (Lipinski definition) is 4. The molecule has 1 aliphatic rings. The number of hydrogen-bond donors (Lipinski definition) is 3. The van der Waals surface area contributed by atoms with Gasteiger partial charge in [-0.1, -0.05) is 0 Å². The van der Waals surface area contributed by atoms with E-state index in [1.165, 1.54) is 0 Å². The Bertz CT molecular complexity index is 424. The first-order chi connectivity index (χ1) is 8.50. The monoisotopic (exact) mass is 249 g/mol. The van der Waals surface area contributed by atoms with Gasteiger partial charge in [0.05, 0.1) is 0 Å². The van der Waals surface area contributed by atoms with Crippen molar-refractivity contribution >= 4 is 11.6 Å². The molecule has 0 aromatic heterocycles. The lowest BCUT2D eigenvalue weighted by Gasteiger charge is -2.37. The molecule has 1 aromatic rings. The van der Waals surface area contributed by atoms with Crippen LogP contribution in [0.2, 0.25) is 0 Å². The molecule has 0 radical (unpaired) electrons. The van der Waals surface area contributed by atoms with Crippen molar-refractivity contribution in [3.63, 3.8) is 0 Å². The van der Waals surface area contributed by atoms with E-state index in [-0.39, 0.29) is 12.5 Å². The van der Waals surface area contributed by atoms with Crippen LogP contribution in [-0.4, -0.2) is 50.3 Å². The number of benzene rings is 1. The molecule has 1 aromatic carbocycles. The molecule has 0 aliphatic carbocycles. The average Bonchev–Trinajstić information content (AvgIpc) is 2.33. The molecular weight excluding hydrogens is 230 g/mol. The molecule has 0 bridgehead atoms. The van der Waals surface area contributed by atoms with Crippen LogP contribution < -0.4 is 15.5 Å². The number of rotatable bonds is 4. The molecule has 0 atom stereocenters. The summed E-state index contributed by atoms with van der Waals surface area (Å²) in [6.45, 7) is 1.36. The molecule has 0 saturated carbocycles. The fraction of sp³-hybridized carbons (Fsp3) is 0.462. The van der Waals surface area contributed by atoms with Gasteiger partial charge in [-0.25, -0.2) is 0 Å². The zero-order valence-corrected chi connectivity index (χ0v) is 10.7. The zero-order chi connectivity index (χ0) is 13.2. The van der Waals surface area contributed by atoms with Crippen molar-refractivity contribution in [3.8, 4) is 0 Å². The first-order valence-corrected chi connectivity index (χ1v) is 5.99. The number of nitrogens with zero attached hydrogens (tertiary/aromatic N) is 1. The van der Waals surface area contributed by atoms with Gasteiger partial charge in [0, 0.05) is 45.0 Å². The largest absolute Gasteiger partial charge is 0.385 e. The van der Waals surface area contributed by atoms with E-state index < -0.39 is 5.60 Å². The quantitative estimate of drug-likeness (QED) is 0.692. The van der Waals surface area contributed by atoms with E-state index in [9.17, 15) is 9.90 Å². The number of carbonyl (C=O) groups excluding carboxylic acids is 1. The van der Waals surface area contributed by atoms with Crippen LogP contribution in [0.25, 0.3) is 0 Å². The standard InChI is InChI=1S/C13H19N3O2/c1-16(2)11-5-3-10(4-6-11)12(17)15-9-13(18)7-14-8-13/h3-6,14,18H,7-9H2,1-2H3,(H,15,17). The topological polar surface area (TPSA) is 64.6 Å². The van der Waals surface area contributed by atoms with Gasteiger partial charge in [-0.15, -0.1) is 0 Å². The lowest BCUT2D eigenvalue weighted by atomic mass is 9.97. The smallest absolute Gasteiger partial charge is 0.251 e. The summed E-state index contributed by atoms with van der Waals surface area (Å²) >= 11 is 0. The third kappa shape index (κ3) is 2.80. The molecule has 1 amide bonds. The van der Waals surface area contributed by atoms with Crippen molar-refractivity contribution in [1.29, 1.82) is 0 Å². The van der Waals surface area contributed by atoms with Crippen LogP contribution in [0.4, 0.5) is 5.69 Å². The number of nitrogens with one attached hydrogen (secondary N) is 2. The highest BCUT2D eigenvalue weighted by Crippen LogP contribution is 2.13. The third-order valence-electron chi connectivity index (χ3n) is 3.13. The van der Waals surface area contributed by atoms with E-state index in [2.05, 4.69) is 10.6 Å². The summed E-state index contributed by atoms with van der Waals surface area (Å²) in [4.78, 5) is 13.8. The van der Waals surface area contributed by atoms with Crippen LogP contribution in [0, 0.1) is 0 Å². The lowest BCUT2D eigenvalue weighted by molar-refractivity contribution is -0.00759. The Morgan fingerprint density at radius 2 is 2.00 bits per heavy atom. The number of amides is 1. The zero-order valence-electron chi connectivity index (χ0n) is 10.7. The summed E-state index contributed by atoms with van der Waals surface area (Å²) in [5, 5.41) is 15.6. The van der Waals surface area contributed by atoms with Gasteiger partial charge in [-0.2, -0.15) is 0 Å². The van der Waals surface area contributed by atoms with Crippen LogP contribution in [0.3, 0.4) is 0 Å². The fourth-order valence-electron chi connectivity index (χ4n) is 1.80. The van der Waals surface area contributed by atoms with Crippen molar-refractivity contribution in [3.05, 3.63) is 29.8 Å². The SMILES string of the molecule is CN(C)c1ccc(C(=O)NCC2(O)CNC2)cc1. The Labute approximate surface area is 107 Å². The number of aliphatic hydroxyl groups is 1. The number of anilines is 1. The summed E-state index contributed by atoms with van der Waals surface area (Å²) in [7, 11) is 3.91. The van der Waals surface area contributed by atoms with Gasteiger partial charge >= 0.3 is 0 Å². The van der Waals surface area contributed by atoms with Crippen LogP contribution >= 0.6 is 0 Å². The van der Waals surface area contributed by atoms with Gasteiger partial charge in [0.25, 0.3) is 5.91 Å². The minimum absolute atomic E-state index is 0.152. The van der Waals surface area contributed by atoms with Crippen LogP contribution in [0.5, 0.6) is 0 Å². The molecule has 1 heterocycles. The molecule has 1 aliphatic heterocycles. The molecule has 5 heteroatoms. The molecule has 0 spiro atoms. The highest BCUT2D eigenvalue weighted by atomic mass is 16.3. The van der Waals surface area contributed by atoms with Crippen LogP contribution in [0.1, 0.15) is 10.4 Å². The molecular formula is C13H19N3O2. The van der Waals surface area contributed by atoms with Gasteiger partial charge in [-0.05, 0) is 24.3 Å². The van der Waals surface area contributed by atoms with Crippen molar-refractivity contribution in [2.75, 3.05) is 38.6 Å². The predicted octanol–water partition coefficient (Wildman–Crippen LogP) is -0.183. The van der Waals surface area contributed by atoms with Gasteiger partial charge < -0.3 is 20.6 Å². The number of β-amino-alcohol motifs (C(OH)–C–C–N with tert-alkyl or cyclic N) is 1. The van der Waals surface area contributed by atoms with Crippen LogP contribution in [-0.2, 0) is 0 Å². The predicted molar refractivity (Wildman–Crippen MR) is 70.9 cm³/mol. The number of carbonyl (C=O) groups is 1. The van der Waals surface area contributed by atoms with Gasteiger partial charge in [0.15, 0.2) is 0 Å². The first kappa shape index (κ1) is 12.9. The van der Waals surface area contributed by atoms with E-state index in [0.29, 0.717) is 18.7 Å². The highest BCUT2D eigenvalue weighted by molar-refractivity contribution is 5.94. The molecule has 1 fully saturated rings. The molecule has 98 valence electrons. The van der Waals surface area contributed by atoms with E-state index in [0.717, 1.165) is 5.69 Å². The van der Waals surface area contributed by atoms with Crippen LogP contribution in [0.15, 0.2) is 24.3 Å². The Balaban J connectivity index is 1.92. The Morgan fingerprint density at radius 1 is 1.39 bits per heavy atom. The maximum absolute atomic E-state index is 11.9. The van der Waals surface area contributed by atoms with Crippen molar-refractivity contribution in [1.82, 2.24) is 10.6 Å². The third-order valence-corrected chi connectivity index (χ3v) is 3.13. The molecule has 1 saturated heterocycles. The summed E-state index contributed by atoms with van der Waals surface area (Å²) < 4.78 is 0. The molecule has 18 heavy (non-hydrogen) atoms. The lowest BCUT2D eigenvalue weighted by Crippen LogP contribution is -2.64. The van der Waals surface area contributed by atoms with E-state index in [1.54, 1.807) is 12.1 Å². The summed E-state index contributed by atoms with van der Waals surface area (Å²) in [6, 6.07) is 7.37. The summed E-state index contributed by atoms with van der Waals surface area (Å²) in [5.74, 6) is -0.152. The Morgan fingerprint density at radius 3 is 2.44 bits per heavy atom. The first-order valence-electron chi connectivity index (χ1n) is 5.99. The minimum atomic E-state index is -0.779. The van der Waals surface area contributed by atoms with Crippen molar-refractivity contribution in [2.24, 2.45) is 0 Å². The second-order valence-electron chi connectivity index (χ2n) is 4.95. The maximum atomic E-state index is 11.9. The molecule has 5 nitrogen and oxygen atoms in total. The minimum Gasteiger partial charge on any atom is -0.385 e. The van der Waals surface area contributed by atoms with E-state index >= 15 is 0 Å². The molecule has 3 N–H and O–H groups in total. The normalized spacial score (nSPS) is 16.8. The molecule has 0 unspecified atom stereocenters. The van der Waals surface area contributed by atoms with Gasteiger partial charge in [-0.3, -0.25) is 4.79 Å². The van der Waals surface area contributed by atoms with Gasteiger partial charge in [0.2, 0.25) is 0 Å². The fourth-order valence-corrected chi connectivity index (χ4v) is 1.80. The average molecular weight is 249 g/mol. The van der Waals surface area contributed by atoms with E-state index in [4.69, 9.17) is 0 Å². The second kappa shape index (κ2) is 4.96. The summed E-state index contributed by atoms with van der Waals surface area (Å²) in [6.07, 6.45) is 0. The molecule has 2 rings (SSSR count). The highest BCUT2D eigenvalue weighted by Gasteiger charge is 2.34. The maximum Gasteiger partial charge on any atom is 0.251 e. The van der Waals surface area contributed by atoms with E-state index in [1.807, 2.05) is 31.1 Å². The second-order valence-corrected chi connectivity index (χ2v) is 4.95. The summed E-state index contributed by atoms with van der Waals surface area (Å²) in [5.41, 5.74) is 0.879. The van der Waals surface area contributed by atoms with Gasteiger partial charge in [0.1, 0.15) is 5.60 Å².